The Morgan fingerprint density at radius 1 is 1.32 bits per heavy atom. The summed E-state index contributed by atoms with van der Waals surface area (Å²) in [6, 6.07) is -0.434. The number of aromatic amines is 1. The van der Waals surface area contributed by atoms with Crippen molar-refractivity contribution in [3.63, 3.8) is 0 Å². The van der Waals surface area contributed by atoms with Crippen molar-refractivity contribution in [1.82, 2.24) is 15.3 Å². The molecule has 0 aliphatic rings. The zero-order valence-electron chi connectivity index (χ0n) is 17.6. The number of oxazole rings is 1. The van der Waals surface area contributed by atoms with Crippen LogP contribution in [0.3, 0.4) is 0 Å². The first-order valence-corrected chi connectivity index (χ1v) is 9.62. The summed E-state index contributed by atoms with van der Waals surface area (Å²) in [6.07, 6.45) is 13.0. The fourth-order valence-corrected chi connectivity index (χ4v) is 2.63. The van der Waals surface area contributed by atoms with Crippen LogP contribution in [0.25, 0.3) is 6.08 Å². The minimum Gasteiger partial charge on any atom is -0.444 e. The van der Waals surface area contributed by atoms with Gasteiger partial charge in [0.25, 0.3) is 0 Å². The first kappa shape index (κ1) is 21.5. The number of carbonyl (C=O) groups excluding carboxylic acids is 1. The fourth-order valence-electron chi connectivity index (χ4n) is 2.63. The van der Waals surface area contributed by atoms with Crippen molar-refractivity contribution in [3.8, 4) is 0 Å². The summed E-state index contributed by atoms with van der Waals surface area (Å²) in [5.74, 6) is 1.22. The van der Waals surface area contributed by atoms with Gasteiger partial charge in [0.1, 0.15) is 17.4 Å². The first-order valence-electron chi connectivity index (χ1n) is 9.62. The second-order valence-electron chi connectivity index (χ2n) is 7.73. The average Bonchev–Trinajstić information content (AvgIpc) is 3.16. The Kier molecular flexibility index (Phi) is 7.26. The van der Waals surface area contributed by atoms with E-state index in [1.54, 1.807) is 0 Å². The van der Waals surface area contributed by atoms with E-state index in [4.69, 9.17) is 9.15 Å². The minimum atomic E-state index is -0.579. The van der Waals surface area contributed by atoms with Gasteiger partial charge in [-0.3, -0.25) is 0 Å². The Morgan fingerprint density at radius 2 is 2.07 bits per heavy atom. The van der Waals surface area contributed by atoms with E-state index in [1.165, 1.54) is 0 Å². The maximum atomic E-state index is 12.4. The Hall–Kier alpha value is -2.76. The van der Waals surface area contributed by atoms with Crippen molar-refractivity contribution in [2.75, 3.05) is 0 Å². The van der Waals surface area contributed by atoms with E-state index in [1.807, 2.05) is 65.2 Å². The Bertz CT molecular complexity index is 818. The molecular weight excluding hydrogens is 354 g/mol. The summed E-state index contributed by atoms with van der Waals surface area (Å²) in [5.41, 5.74) is 2.34. The summed E-state index contributed by atoms with van der Waals surface area (Å²) in [7, 11) is 0. The van der Waals surface area contributed by atoms with Crippen LogP contribution < -0.4 is 5.32 Å². The largest absolute Gasteiger partial charge is 0.444 e. The first-order chi connectivity index (χ1) is 13.2. The van der Waals surface area contributed by atoms with Gasteiger partial charge in [-0.25, -0.2) is 9.78 Å². The zero-order valence-corrected chi connectivity index (χ0v) is 17.6. The molecule has 6 nitrogen and oxygen atoms in total. The van der Waals surface area contributed by atoms with Gasteiger partial charge in [-0.15, -0.1) is 0 Å². The highest BCUT2D eigenvalue weighted by molar-refractivity contribution is 5.68. The number of aromatic nitrogens is 2. The van der Waals surface area contributed by atoms with Crippen LogP contribution in [0.15, 0.2) is 35.0 Å². The van der Waals surface area contributed by atoms with Crippen molar-refractivity contribution in [3.05, 3.63) is 59.1 Å². The smallest absolute Gasteiger partial charge is 0.408 e. The van der Waals surface area contributed by atoms with E-state index in [-0.39, 0.29) is 0 Å². The average molecular weight is 386 g/mol. The molecule has 2 aromatic rings. The van der Waals surface area contributed by atoms with E-state index in [0.717, 1.165) is 29.0 Å². The van der Waals surface area contributed by atoms with Crippen molar-refractivity contribution in [1.29, 1.82) is 0 Å². The second kappa shape index (κ2) is 9.44. The van der Waals surface area contributed by atoms with Crippen LogP contribution in [0.2, 0.25) is 0 Å². The number of nitrogens with one attached hydrogen (secondary N) is 2. The van der Waals surface area contributed by atoms with Gasteiger partial charge in [0.05, 0.1) is 5.69 Å². The Labute approximate surface area is 167 Å². The number of aryl methyl sites for hydroxylation is 2. The number of alkyl carbamates (subject to hydrolysis) is 1. The predicted molar refractivity (Wildman–Crippen MR) is 111 cm³/mol. The summed E-state index contributed by atoms with van der Waals surface area (Å²) in [4.78, 5) is 20.0. The molecule has 6 heteroatoms. The van der Waals surface area contributed by atoms with Gasteiger partial charge in [-0.1, -0.05) is 31.2 Å². The molecule has 2 aromatic heterocycles. The van der Waals surface area contributed by atoms with Gasteiger partial charge in [-0.2, -0.15) is 0 Å². The quantitative estimate of drug-likeness (QED) is 0.625. The lowest BCUT2D eigenvalue weighted by atomic mass is 10.0. The van der Waals surface area contributed by atoms with E-state index >= 15 is 0 Å². The lowest BCUT2D eigenvalue weighted by Gasteiger charge is -2.22. The Balaban J connectivity index is 2.23. The van der Waals surface area contributed by atoms with Gasteiger partial charge in [0.2, 0.25) is 5.89 Å². The van der Waals surface area contributed by atoms with E-state index in [0.29, 0.717) is 12.3 Å². The molecule has 0 fully saturated rings. The lowest BCUT2D eigenvalue weighted by Crippen LogP contribution is -2.36. The highest BCUT2D eigenvalue weighted by Gasteiger charge is 2.25. The molecule has 28 heavy (non-hydrogen) atoms. The van der Waals surface area contributed by atoms with Crippen molar-refractivity contribution in [2.24, 2.45) is 0 Å². The molecule has 0 spiro atoms. The van der Waals surface area contributed by atoms with Crippen LogP contribution in [-0.2, 0) is 11.2 Å². The molecule has 0 radical (unpaired) electrons. The van der Waals surface area contributed by atoms with Gasteiger partial charge in [-0.05, 0) is 52.2 Å². The van der Waals surface area contributed by atoms with Crippen molar-refractivity contribution in [2.45, 2.75) is 66.0 Å². The molecule has 0 saturated heterocycles. The van der Waals surface area contributed by atoms with Gasteiger partial charge < -0.3 is 19.5 Å². The maximum absolute atomic E-state index is 12.4. The van der Waals surface area contributed by atoms with Crippen LogP contribution in [-0.4, -0.2) is 21.7 Å². The van der Waals surface area contributed by atoms with E-state index < -0.39 is 17.7 Å². The minimum absolute atomic E-state index is 0.434. The summed E-state index contributed by atoms with van der Waals surface area (Å²) < 4.78 is 11.2. The van der Waals surface area contributed by atoms with Gasteiger partial charge in [0, 0.05) is 18.8 Å². The molecular formula is C22H31N3O3. The molecule has 0 aliphatic heterocycles. The molecule has 0 aromatic carbocycles. The number of hydrogen-bond donors (Lipinski definition) is 2. The maximum Gasteiger partial charge on any atom is 0.408 e. The van der Waals surface area contributed by atoms with E-state index in [9.17, 15) is 4.79 Å². The molecule has 0 unspecified atom stereocenters. The third-order valence-electron chi connectivity index (χ3n) is 4.08. The lowest BCUT2D eigenvalue weighted by molar-refractivity contribution is 0.0495. The molecule has 1 atom stereocenters. The zero-order chi connectivity index (χ0) is 20.7. The molecule has 2 rings (SSSR count). The molecule has 2 N–H and O–H groups in total. The number of carbonyl (C=O) groups is 1. The third kappa shape index (κ3) is 6.44. The van der Waals surface area contributed by atoms with Gasteiger partial charge >= 0.3 is 6.09 Å². The predicted octanol–water partition coefficient (Wildman–Crippen LogP) is 5.41. The molecule has 2 heterocycles. The number of rotatable bonds is 7. The van der Waals surface area contributed by atoms with Crippen molar-refractivity contribution < 1.29 is 13.9 Å². The number of ether oxygens (including phenoxy) is 1. The van der Waals surface area contributed by atoms with E-state index in [2.05, 4.69) is 28.3 Å². The van der Waals surface area contributed by atoms with Crippen LogP contribution >= 0.6 is 0 Å². The Morgan fingerprint density at radius 3 is 2.68 bits per heavy atom. The number of allylic oxidation sites excluding steroid dienone is 3. The molecule has 1 amide bonds. The summed E-state index contributed by atoms with van der Waals surface area (Å²) in [5, 5.41) is 2.90. The molecule has 0 aliphatic carbocycles. The van der Waals surface area contributed by atoms with Crippen LogP contribution in [0.4, 0.5) is 4.79 Å². The normalized spacial score (nSPS) is 13.4. The van der Waals surface area contributed by atoms with Crippen LogP contribution in [0.1, 0.15) is 68.6 Å². The van der Waals surface area contributed by atoms with Crippen LogP contribution in [0, 0.1) is 13.8 Å². The van der Waals surface area contributed by atoms with Crippen molar-refractivity contribution >= 4 is 12.2 Å². The number of nitrogens with zero attached hydrogens (tertiary/aromatic N) is 1. The topological polar surface area (TPSA) is 80.2 Å². The summed E-state index contributed by atoms with van der Waals surface area (Å²) >= 11 is 0. The highest BCUT2D eigenvalue weighted by Crippen LogP contribution is 2.23. The SMILES string of the molecule is CC/C=C\C=C/c1c[nH]cc1C[C@@H](NC(=O)OC(C)(C)C)c1nc(C)c(C)o1. The molecule has 152 valence electrons. The third-order valence-corrected chi connectivity index (χ3v) is 4.08. The fraction of sp³-hybridized carbons (Fsp3) is 0.455. The monoisotopic (exact) mass is 385 g/mol. The van der Waals surface area contributed by atoms with Crippen LogP contribution in [0.5, 0.6) is 0 Å². The number of hydrogen-bond acceptors (Lipinski definition) is 4. The summed E-state index contributed by atoms with van der Waals surface area (Å²) in [6.45, 7) is 11.3. The highest BCUT2D eigenvalue weighted by atomic mass is 16.6. The van der Waals surface area contributed by atoms with Gasteiger partial charge in [0.15, 0.2) is 0 Å². The number of H-pyrrole nitrogens is 1. The second-order valence-corrected chi connectivity index (χ2v) is 7.73. The molecule has 0 saturated carbocycles. The molecule has 0 bridgehead atoms. The standard InChI is InChI=1S/C22H31N3O3/c1-7-8-9-10-11-17-13-23-14-18(17)12-19(20-24-15(2)16(3)27-20)25-21(26)28-22(4,5)6/h8-11,13-14,19,23H,7,12H2,1-6H3,(H,25,26)/b9-8-,11-10-/t19-/m1/s1. The number of amides is 1.